The Morgan fingerprint density at radius 2 is 1.55 bits per heavy atom. The molecule has 0 aliphatic carbocycles. The Kier molecular flexibility index (Phi) is 11.1. The average Bonchev–Trinajstić information content (AvgIpc) is 3.10. The Hall–Kier alpha value is -5.28. The van der Waals surface area contributed by atoms with Gasteiger partial charge in [0.15, 0.2) is 0 Å². The summed E-state index contributed by atoms with van der Waals surface area (Å²) in [5, 5.41) is 7.05. The molecule has 1 fully saturated rings. The Morgan fingerprint density at radius 3 is 2.30 bits per heavy atom. The van der Waals surface area contributed by atoms with Crippen molar-refractivity contribution in [3.8, 4) is 11.1 Å². The lowest BCUT2D eigenvalue weighted by molar-refractivity contribution is -0.133. The van der Waals surface area contributed by atoms with Crippen molar-refractivity contribution < 1.29 is 19.2 Å². The summed E-state index contributed by atoms with van der Waals surface area (Å²) in [7, 11) is 3.77. The number of rotatable bonds is 11. The Morgan fingerprint density at radius 1 is 0.872 bits per heavy atom. The third-order valence-corrected chi connectivity index (χ3v) is 8.28. The predicted octanol–water partition coefficient (Wildman–Crippen LogP) is 6.10. The molecule has 1 heterocycles. The van der Waals surface area contributed by atoms with Crippen LogP contribution in [0.1, 0.15) is 44.7 Å². The normalized spacial score (nSPS) is 13.4. The predicted molar refractivity (Wildman–Crippen MR) is 187 cm³/mol. The number of para-hydroxylation sites is 1. The van der Waals surface area contributed by atoms with Gasteiger partial charge in [-0.15, -0.1) is 0 Å². The second-order valence-electron chi connectivity index (χ2n) is 11.7. The SMILES string of the molecule is Cc1ccc(-c2ccccc2C(=O)Nc2ccc(C(=O)N(C)c3ccccc3C=NOCCCC(=O)N3CCN(C)CC3)cc2)cc1. The fourth-order valence-corrected chi connectivity index (χ4v) is 5.41. The van der Waals surface area contributed by atoms with Crippen LogP contribution in [-0.4, -0.2) is 80.6 Å². The molecule has 0 spiro atoms. The molecule has 0 unspecified atom stereocenters. The second kappa shape index (κ2) is 15.8. The number of carbonyl (C=O) groups is 3. The van der Waals surface area contributed by atoms with Crippen LogP contribution in [0, 0.1) is 6.92 Å². The minimum absolute atomic E-state index is 0.148. The zero-order chi connectivity index (χ0) is 33.2. The number of carbonyl (C=O) groups excluding carboxylic acids is 3. The topological polar surface area (TPSA) is 94.5 Å². The van der Waals surface area contributed by atoms with Gasteiger partial charge in [-0.05, 0) is 67.9 Å². The van der Waals surface area contributed by atoms with Crippen LogP contribution in [0.2, 0.25) is 0 Å². The number of oxime groups is 1. The molecule has 242 valence electrons. The first-order valence-corrected chi connectivity index (χ1v) is 15.9. The number of likely N-dealkylation sites (N-methyl/N-ethyl adjacent to an activating group) is 1. The van der Waals surface area contributed by atoms with Crippen molar-refractivity contribution in [1.82, 2.24) is 9.80 Å². The highest BCUT2D eigenvalue weighted by Crippen LogP contribution is 2.26. The molecule has 1 saturated heterocycles. The fourth-order valence-electron chi connectivity index (χ4n) is 5.41. The number of nitrogens with zero attached hydrogens (tertiary/aromatic N) is 4. The molecule has 1 N–H and O–H groups in total. The molecule has 1 aliphatic heterocycles. The number of nitrogens with one attached hydrogen (secondary N) is 1. The standard InChI is InChI=1S/C38H41N5O4/c1-28-14-16-29(17-15-28)33-10-5-6-11-34(33)37(45)40-32-20-18-30(19-21-32)38(46)42(3)35-12-7-4-9-31(35)27-39-47-26-8-13-36(44)43-24-22-41(2)23-25-43/h4-7,9-12,14-21,27H,8,13,22-26H2,1-3H3,(H,40,45). The van der Waals surface area contributed by atoms with E-state index in [1.54, 1.807) is 48.5 Å². The molecule has 0 atom stereocenters. The summed E-state index contributed by atoms with van der Waals surface area (Å²) in [4.78, 5) is 50.2. The van der Waals surface area contributed by atoms with Gasteiger partial charge in [0, 0.05) is 62.0 Å². The maximum Gasteiger partial charge on any atom is 0.258 e. The number of hydrogen-bond donors (Lipinski definition) is 1. The summed E-state index contributed by atoms with van der Waals surface area (Å²) in [6, 6.07) is 29.8. The summed E-state index contributed by atoms with van der Waals surface area (Å²) < 4.78 is 0. The highest BCUT2D eigenvalue weighted by Gasteiger charge is 2.19. The minimum Gasteiger partial charge on any atom is -0.396 e. The molecule has 0 aromatic heterocycles. The van der Waals surface area contributed by atoms with E-state index in [0.717, 1.165) is 42.9 Å². The number of aryl methyl sites for hydroxylation is 1. The van der Waals surface area contributed by atoms with Gasteiger partial charge in [0.1, 0.15) is 6.61 Å². The van der Waals surface area contributed by atoms with Gasteiger partial charge in [0.2, 0.25) is 5.91 Å². The molecule has 4 aromatic rings. The number of piperazine rings is 1. The van der Waals surface area contributed by atoms with E-state index in [2.05, 4.69) is 22.4 Å². The van der Waals surface area contributed by atoms with E-state index in [1.807, 2.05) is 78.6 Å². The van der Waals surface area contributed by atoms with E-state index < -0.39 is 0 Å². The zero-order valence-electron chi connectivity index (χ0n) is 27.2. The number of hydrogen-bond acceptors (Lipinski definition) is 6. The average molecular weight is 632 g/mol. The Bertz CT molecular complexity index is 1710. The number of amides is 3. The molecule has 1 aliphatic rings. The van der Waals surface area contributed by atoms with Crippen LogP contribution >= 0.6 is 0 Å². The molecule has 0 saturated carbocycles. The molecule has 5 rings (SSSR count). The summed E-state index contributed by atoms with van der Waals surface area (Å²) >= 11 is 0. The fraction of sp³-hybridized carbons (Fsp3) is 0.263. The van der Waals surface area contributed by atoms with Crippen molar-refractivity contribution in [3.05, 3.63) is 119 Å². The molecule has 9 heteroatoms. The van der Waals surface area contributed by atoms with Crippen LogP contribution in [0.5, 0.6) is 0 Å². The molecular formula is C38H41N5O4. The molecule has 47 heavy (non-hydrogen) atoms. The first kappa shape index (κ1) is 33.1. The number of benzene rings is 4. The summed E-state index contributed by atoms with van der Waals surface area (Å²) in [6.07, 6.45) is 2.59. The zero-order valence-corrected chi connectivity index (χ0v) is 27.2. The summed E-state index contributed by atoms with van der Waals surface area (Å²) in [5.41, 5.74) is 5.98. The van der Waals surface area contributed by atoms with Crippen LogP contribution in [0.3, 0.4) is 0 Å². The van der Waals surface area contributed by atoms with Gasteiger partial charge in [0.05, 0.1) is 11.9 Å². The van der Waals surface area contributed by atoms with Crippen molar-refractivity contribution in [2.45, 2.75) is 19.8 Å². The van der Waals surface area contributed by atoms with Crippen LogP contribution in [0.4, 0.5) is 11.4 Å². The molecule has 4 aromatic carbocycles. The van der Waals surface area contributed by atoms with Crippen molar-refractivity contribution in [2.75, 3.05) is 57.1 Å². The van der Waals surface area contributed by atoms with Crippen molar-refractivity contribution >= 4 is 35.3 Å². The van der Waals surface area contributed by atoms with Gasteiger partial charge in [-0.3, -0.25) is 14.4 Å². The molecule has 9 nitrogen and oxygen atoms in total. The summed E-state index contributed by atoms with van der Waals surface area (Å²) in [6.45, 7) is 5.69. The van der Waals surface area contributed by atoms with Crippen molar-refractivity contribution in [3.63, 3.8) is 0 Å². The Balaban J connectivity index is 1.15. The van der Waals surface area contributed by atoms with Gasteiger partial charge in [-0.25, -0.2) is 0 Å². The maximum absolute atomic E-state index is 13.4. The first-order valence-electron chi connectivity index (χ1n) is 15.9. The van der Waals surface area contributed by atoms with E-state index >= 15 is 0 Å². The lowest BCUT2D eigenvalue weighted by atomic mass is 9.98. The smallest absolute Gasteiger partial charge is 0.258 e. The Labute approximate surface area is 276 Å². The molecule has 0 radical (unpaired) electrons. The van der Waals surface area contributed by atoms with Crippen molar-refractivity contribution in [2.24, 2.45) is 5.16 Å². The van der Waals surface area contributed by atoms with E-state index in [0.29, 0.717) is 47.5 Å². The largest absolute Gasteiger partial charge is 0.396 e. The van der Waals surface area contributed by atoms with Gasteiger partial charge in [-0.1, -0.05) is 71.4 Å². The quantitative estimate of drug-likeness (QED) is 0.123. The van der Waals surface area contributed by atoms with E-state index in [4.69, 9.17) is 4.84 Å². The first-order chi connectivity index (χ1) is 22.8. The maximum atomic E-state index is 13.4. The number of anilines is 2. The van der Waals surface area contributed by atoms with Crippen LogP contribution < -0.4 is 10.2 Å². The molecule has 3 amide bonds. The third-order valence-electron chi connectivity index (χ3n) is 8.28. The van der Waals surface area contributed by atoms with Gasteiger partial charge < -0.3 is 24.9 Å². The van der Waals surface area contributed by atoms with Crippen LogP contribution in [-0.2, 0) is 9.63 Å². The highest BCUT2D eigenvalue weighted by atomic mass is 16.6. The van der Waals surface area contributed by atoms with Gasteiger partial charge in [0.25, 0.3) is 11.8 Å². The van der Waals surface area contributed by atoms with Gasteiger partial charge in [-0.2, -0.15) is 0 Å². The van der Waals surface area contributed by atoms with Crippen LogP contribution in [0.25, 0.3) is 11.1 Å². The summed E-state index contributed by atoms with van der Waals surface area (Å²) in [5.74, 6) is -0.291. The third kappa shape index (κ3) is 8.71. The van der Waals surface area contributed by atoms with Gasteiger partial charge >= 0.3 is 0 Å². The minimum atomic E-state index is -0.227. The second-order valence-corrected chi connectivity index (χ2v) is 11.7. The lowest BCUT2D eigenvalue weighted by Crippen LogP contribution is -2.47. The van der Waals surface area contributed by atoms with E-state index in [-0.39, 0.29) is 17.7 Å². The molecular weight excluding hydrogens is 590 g/mol. The van der Waals surface area contributed by atoms with E-state index in [9.17, 15) is 14.4 Å². The van der Waals surface area contributed by atoms with Crippen LogP contribution in [0.15, 0.2) is 102 Å². The highest BCUT2D eigenvalue weighted by molar-refractivity contribution is 6.10. The van der Waals surface area contributed by atoms with Crippen molar-refractivity contribution in [1.29, 1.82) is 0 Å². The van der Waals surface area contributed by atoms with E-state index in [1.165, 1.54) is 0 Å². The molecule has 0 bridgehead atoms. The monoisotopic (exact) mass is 631 g/mol. The lowest BCUT2D eigenvalue weighted by Gasteiger charge is -2.32.